The van der Waals surface area contributed by atoms with E-state index in [4.69, 9.17) is 11.6 Å². The van der Waals surface area contributed by atoms with E-state index in [0.29, 0.717) is 0 Å². The molecule has 4 nitrogen and oxygen atoms in total. The molecule has 1 aromatic carbocycles. The Hall–Kier alpha value is -1.95. The zero-order valence-corrected chi connectivity index (χ0v) is 9.98. The van der Waals surface area contributed by atoms with Gasteiger partial charge in [0.15, 0.2) is 17.5 Å². The molecular formula is C11H8ClF2N3O. The molecule has 2 rings (SSSR count). The first-order valence-corrected chi connectivity index (χ1v) is 5.33. The van der Waals surface area contributed by atoms with Gasteiger partial charge in [0, 0.05) is 11.8 Å². The van der Waals surface area contributed by atoms with E-state index in [1.54, 1.807) is 13.0 Å². The molecule has 0 aliphatic heterocycles. The number of hydrogen-bond acceptors (Lipinski definition) is 2. The fraction of sp³-hybridized carbons (Fsp3) is 0.0909. The van der Waals surface area contributed by atoms with Crippen LogP contribution in [0.3, 0.4) is 0 Å². The van der Waals surface area contributed by atoms with Gasteiger partial charge in [-0.15, -0.1) is 0 Å². The quantitative estimate of drug-likeness (QED) is 0.825. The number of carbonyl (C=O) groups is 1. The summed E-state index contributed by atoms with van der Waals surface area (Å²) >= 11 is 5.67. The molecule has 7 heteroatoms. The van der Waals surface area contributed by atoms with Gasteiger partial charge in [-0.1, -0.05) is 11.6 Å². The lowest BCUT2D eigenvalue weighted by atomic mass is 10.2. The molecule has 1 heterocycles. The summed E-state index contributed by atoms with van der Waals surface area (Å²) in [7, 11) is 0. The summed E-state index contributed by atoms with van der Waals surface area (Å²) in [5.74, 6) is -2.63. The molecule has 0 aliphatic rings. The van der Waals surface area contributed by atoms with Crippen molar-refractivity contribution in [2.24, 2.45) is 0 Å². The van der Waals surface area contributed by atoms with Crippen LogP contribution in [0.25, 0.3) is 0 Å². The van der Waals surface area contributed by atoms with E-state index in [1.165, 1.54) is 0 Å². The highest BCUT2D eigenvalue weighted by atomic mass is 35.5. The number of aromatic amines is 1. The first kappa shape index (κ1) is 12.5. The number of anilines is 1. The number of hydrogen-bond donors (Lipinski definition) is 2. The lowest BCUT2D eigenvalue weighted by Gasteiger charge is -2.04. The summed E-state index contributed by atoms with van der Waals surface area (Å²) in [6, 6.07) is 3.08. The number of H-pyrrole nitrogens is 1. The summed E-state index contributed by atoms with van der Waals surface area (Å²) in [4.78, 5) is 11.8. The summed E-state index contributed by atoms with van der Waals surface area (Å²) in [6.45, 7) is 1.76. The van der Waals surface area contributed by atoms with Crippen LogP contribution in [0.4, 0.5) is 14.6 Å². The molecule has 0 unspecified atom stereocenters. The van der Waals surface area contributed by atoms with Gasteiger partial charge in [0.1, 0.15) is 0 Å². The van der Waals surface area contributed by atoms with E-state index in [-0.39, 0.29) is 16.4 Å². The number of aryl methyl sites for hydroxylation is 1. The first-order chi connectivity index (χ1) is 8.47. The average Bonchev–Trinajstić information content (AvgIpc) is 2.69. The van der Waals surface area contributed by atoms with Crippen molar-refractivity contribution < 1.29 is 13.6 Å². The Morgan fingerprint density at radius 3 is 2.61 bits per heavy atom. The third-order valence-electron chi connectivity index (χ3n) is 2.20. The normalized spacial score (nSPS) is 10.4. The predicted octanol–water partition coefficient (Wildman–Crippen LogP) is 2.90. The van der Waals surface area contributed by atoms with Gasteiger partial charge in [0.2, 0.25) is 0 Å². The van der Waals surface area contributed by atoms with Gasteiger partial charge in [-0.2, -0.15) is 5.10 Å². The number of aromatic nitrogens is 2. The Kier molecular flexibility index (Phi) is 3.29. The SMILES string of the molecule is Cc1cc(NC(=O)c2cc(F)c(F)cc2Cl)n[nH]1. The highest BCUT2D eigenvalue weighted by Crippen LogP contribution is 2.21. The lowest BCUT2D eigenvalue weighted by Crippen LogP contribution is -2.13. The minimum Gasteiger partial charge on any atom is -0.305 e. The van der Waals surface area contributed by atoms with E-state index >= 15 is 0 Å². The minimum atomic E-state index is -1.14. The highest BCUT2D eigenvalue weighted by molar-refractivity contribution is 6.34. The number of carbonyl (C=O) groups excluding carboxylic acids is 1. The van der Waals surface area contributed by atoms with Crippen molar-refractivity contribution in [3.63, 3.8) is 0 Å². The Balaban J connectivity index is 2.26. The maximum absolute atomic E-state index is 13.0. The van der Waals surface area contributed by atoms with E-state index < -0.39 is 17.5 Å². The van der Waals surface area contributed by atoms with Crippen LogP contribution in [0, 0.1) is 18.6 Å². The molecule has 94 valence electrons. The second-order valence-electron chi connectivity index (χ2n) is 3.64. The van der Waals surface area contributed by atoms with Crippen molar-refractivity contribution in [3.8, 4) is 0 Å². The van der Waals surface area contributed by atoms with Crippen LogP contribution in [0.15, 0.2) is 18.2 Å². The minimum absolute atomic E-state index is 0.156. The molecule has 0 aliphatic carbocycles. The van der Waals surface area contributed by atoms with Gasteiger partial charge in [-0.25, -0.2) is 8.78 Å². The lowest BCUT2D eigenvalue weighted by molar-refractivity contribution is 0.102. The Bertz CT molecular complexity index is 612. The third-order valence-corrected chi connectivity index (χ3v) is 2.51. The van der Waals surface area contributed by atoms with Crippen LogP contribution >= 0.6 is 11.6 Å². The molecule has 1 amide bonds. The molecule has 0 bridgehead atoms. The number of benzene rings is 1. The van der Waals surface area contributed by atoms with Gasteiger partial charge >= 0.3 is 0 Å². The summed E-state index contributed by atoms with van der Waals surface area (Å²) in [5.41, 5.74) is 0.595. The zero-order valence-electron chi connectivity index (χ0n) is 9.22. The first-order valence-electron chi connectivity index (χ1n) is 4.95. The zero-order chi connectivity index (χ0) is 13.3. The topological polar surface area (TPSA) is 57.8 Å². The monoisotopic (exact) mass is 271 g/mol. The molecule has 2 aromatic rings. The second-order valence-corrected chi connectivity index (χ2v) is 4.04. The molecular weight excluding hydrogens is 264 g/mol. The van der Waals surface area contributed by atoms with Crippen molar-refractivity contribution in [2.75, 3.05) is 5.32 Å². The molecule has 0 saturated carbocycles. The van der Waals surface area contributed by atoms with Gasteiger partial charge in [0.05, 0.1) is 10.6 Å². The van der Waals surface area contributed by atoms with E-state index in [9.17, 15) is 13.6 Å². The summed E-state index contributed by atoms with van der Waals surface area (Å²) < 4.78 is 25.9. The maximum atomic E-state index is 13.0. The predicted molar refractivity (Wildman–Crippen MR) is 62.6 cm³/mol. The molecule has 1 aromatic heterocycles. The smallest absolute Gasteiger partial charge is 0.258 e. The fourth-order valence-electron chi connectivity index (χ4n) is 1.36. The molecule has 0 atom stereocenters. The average molecular weight is 272 g/mol. The molecule has 2 N–H and O–H groups in total. The molecule has 0 fully saturated rings. The Labute approximate surface area is 106 Å². The number of nitrogens with zero attached hydrogens (tertiary/aromatic N) is 1. The van der Waals surface area contributed by atoms with Gasteiger partial charge < -0.3 is 5.32 Å². The van der Waals surface area contributed by atoms with Crippen molar-refractivity contribution in [1.82, 2.24) is 10.2 Å². The summed E-state index contributed by atoms with van der Waals surface area (Å²) in [5, 5.41) is 8.66. The van der Waals surface area contributed by atoms with Crippen LogP contribution < -0.4 is 5.32 Å². The van der Waals surface area contributed by atoms with Gasteiger partial charge in [-0.3, -0.25) is 9.89 Å². The standard InChI is InChI=1S/C11H8ClF2N3O/c1-5-2-10(17-16-5)15-11(18)6-3-8(13)9(14)4-7(6)12/h2-4H,1H3,(H2,15,16,17,18). The van der Waals surface area contributed by atoms with E-state index in [2.05, 4.69) is 15.5 Å². The Morgan fingerprint density at radius 2 is 2.00 bits per heavy atom. The van der Waals surface area contributed by atoms with Crippen molar-refractivity contribution in [2.45, 2.75) is 6.92 Å². The van der Waals surface area contributed by atoms with Crippen molar-refractivity contribution in [3.05, 3.63) is 46.1 Å². The van der Waals surface area contributed by atoms with Gasteiger partial charge in [-0.05, 0) is 19.1 Å². The summed E-state index contributed by atoms with van der Waals surface area (Å²) in [6.07, 6.45) is 0. The third kappa shape index (κ3) is 2.48. The van der Waals surface area contributed by atoms with Crippen LogP contribution in [-0.2, 0) is 0 Å². The van der Waals surface area contributed by atoms with Crippen LogP contribution in [-0.4, -0.2) is 16.1 Å². The largest absolute Gasteiger partial charge is 0.305 e. The van der Waals surface area contributed by atoms with Crippen molar-refractivity contribution >= 4 is 23.3 Å². The number of nitrogens with one attached hydrogen (secondary N) is 2. The fourth-order valence-corrected chi connectivity index (χ4v) is 1.60. The van der Waals surface area contributed by atoms with Crippen molar-refractivity contribution in [1.29, 1.82) is 0 Å². The number of halogens is 3. The van der Waals surface area contributed by atoms with Gasteiger partial charge in [0.25, 0.3) is 5.91 Å². The van der Waals surface area contributed by atoms with Crippen LogP contribution in [0.2, 0.25) is 5.02 Å². The second kappa shape index (κ2) is 4.73. The van der Waals surface area contributed by atoms with Crippen LogP contribution in [0.5, 0.6) is 0 Å². The van der Waals surface area contributed by atoms with E-state index in [0.717, 1.165) is 17.8 Å². The Morgan fingerprint density at radius 1 is 1.33 bits per heavy atom. The molecule has 0 saturated heterocycles. The number of rotatable bonds is 2. The molecule has 18 heavy (non-hydrogen) atoms. The van der Waals surface area contributed by atoms with E-state index in [1.807, 2.05) is 0 Å². The molecule has 0 spiro atoms. The highest BCUT2D eigenvalue weighted by Gasteiger charge is 2.15. The molecule has 0 radical (unpaired) electrons. The maximum Gasteiger partial charge on any atom is 0.258 e. The van der Waals surface area contributed by atoms with Crippen LogP contribution in [0.1, 0.15) is 16.1 Å². The number of amides is 1.